The molecule has 2 aromatic carbocycles. The van der Waals surface area contributed by atoms with Crippen LogP contribution in [0.2, 0.25) is 0 Å². The molecule has 0 atom stereocenters. The number of rotatable bonds is 5. The van der Waals surface area contributed by atoms with E-state index < -0.39 is 22.9 Å². The summed E-state index contributed by atoms with van der Waals surface area (Å²) in [6.07, 6.45) is 1.46. The highest BCUT2D eigenvalue weighted by Gasteiger charge is 2.21. The first-order valence-corrected chi connectivity index (χ1v) is 9.98. The zero-order chi connectivity index (χ0) is 22.3. The summed E-state index contributed by atoms with van der Waals surface area (Å²) in [6, 6.07) is 10.8. The van der Waals surface area contributed by atoms with Gasteiger partial charge in [0.1, 0.15) is 11.6 Å². The second-order valence-corrected chi connectivity index (χ2v) is 8.06. The number of aromatic nitrogens is 4. The Labute approximate surface area is 177 Å². The molecule has 31 heavy (non-hydrogen) atoms. The van der Waals surface area contributed by atoms with Crippen molar-refractivity contribution in [3.63, 3.8) is 0 Å². The third kappa shape index (κ3) is 3.81. The van der Waals surface area contributed by atoms with Crippen LogP contribution in [0.1, 0.15) is 25.0 Å². The third-order valence-corrected chi connectivity index (χ3v) is 5.03. The Morgan fingerprint density at radius 2 is 1.84 bits per heavy atom. The van der Waals surface area contributed by atoms with Crippen molar-refractivity contribution in [1.82, 2.24) is 18.7 Å². The van der Waals surface area contributed by atoms with Crippen LogP contribution < -0.4 is 11.2 Å². The molecule has 0 radical (unpaired) electrons. The number of nitrogens with zero attached hydrogens (tertiary/aromatic N) is 4. The second-order valence-electron chi connectivity index (χ2n) is 8.06. The minimum Gasteiger partial charge on any atom is -0.320 e. The molecule has 160 valence electrons. The normalized spacial score (nSPS) is 11.5. The number of hydrogen-bond acceptors (Lipinski definition) is 3. The summed E-state index contributed by atoms with van der Waals surface area (Å²) in [5, 5.41) is 0. The number of benzene rings is 2. The molecule has 2 heterocycles. The molecule has 0 N–H and O–H groups in total. The maximum Gasteiger partial charge on any atom is 0.337 e. The SMILES string of the molecule is Cc1cccc(Cn2cnc3c2c(=O)n(CC(C)C)c(=O)n3-c2ccc(F)cc2F)c1. The largest absolute Gasteiger partial charge is 0.337 e. The van der Waals surface area contributed by atoms with Crippen molar-refractivity contribution in [1.29, 1.82) is 0 Å². The van der Waals surface area contributed by atoms with Crippen LogP contribution in [0, 0.1) is 24.5 Å². The zero-order valence-corrected chi connectivity index (χ0v) is 17.5. The van der Waals surface area contributed by atoms with E-state index in [1.165, 1.54) is 12.4 Å². The third-order valence-electron chi connectivity index (χ3n) is 5.03. The minimum absolute atomic E-state index is 0.00232. The maximum absolute atomic E-state index is 14.6. The fourth-order valence-electron chi connectivity index (χ4n) is 3.71. The molecule has 4 rings (SSSR count). The molecule has 8 heteroatoms. The second kappa shape index (κ2) is 7.94. The Kier molecular flexibility index (Phi) is 5.31. The predicted octanol–water partition coefficient (Wildman–Crippen LogP) is 3.64. The first kappa shape index (κ1) is 20.7. The van der Waals surface area contributed by atoms with E-state index >= 15 is 0 Å². The highest BCUT2D eigenvalue weighted by molar-refractivity contribution is 5.72. The summed E-state index contributed by atoms with van der Waals surface area (Å²) in [5.74, 6) is -1.67. The Hall–Kier alpha value is -3.55. The van der Waals surface area contributed by atoms with Gasteiger partial charge in [0.15, 0.2) is 11.2 Å². The van der Waals surface area contributed by atoms with E-state index in [1.807, 2.05) is 45.0 Å². The molecule has 0 unspecified atom stereocenters. The van der Waals surface area contributed by atoms with E-state index in [0.29, 0.717) is 12.6 Å². The van der Waals surface area contributed by atoms with Crippen molar-refractivity contribution in [3.05, 3.63) is 92.4 Å². The van der Waals surface area contributed by atoms with Crippen LogP contribution in [0.3, 0.4) is 0 Å². The van der Waals surface area contributed by atoms with Crippen LogP contribution in [-0.2, 0) is 13.1 Å². The lowest BCUT2D eigenvalue weighted by atomic mass is 10.1. The number of halogens is 2. The molecule has 0 bridgehead atoms. The highest BCUT2D eigenvalue weighted by Crippen LogP contribution is 2.18. The van der Waals surface area contributed by atoms with E-state index in [2.05, 4.69) is 4.98 Å². The van der Waals surface area contributed by atoms with Crippen LogP contribution in [-0.4, -0.2) is 18.7 Å². The summed E-state index contributed by atoms with van der Waals surface area (Å²) in [7, 11) is 0. The lowest BCUT2D eigenvalue weighted by molar-refractivity contribution is 0.486. The molecule has 6 nitrogen and oxygen atoms in total. The molecule has 0 saturated heterocycles. The lowest BCUT2D eigenvalue weighted by Crippen LogP contribution is -2.41. The van der Waals surface area contributed by atoms with E-state index in [1.54, 1.807) is 4.57 Å². The quantitative estimate of drug-likeness (QED) is 0.492. The van der Waals surface area contributed by atoms with Gasteiger partial charge in [-0.15, -0.1) is 0 Å². The van der Waals surface area contributed by atoms with E-state index in [-0.39, 0.29) is 29.3 Å². The molecule has 0 amide bonds. The Morgan fingerprint density at radius 1 is 1.06 bits per heavy atom. The van der Waals surface area contributed by atoms with Gasteiger partial charge in [-0.2, -0.15) is 0 Å². The van der Waals surface area contributed by atoms with Gasteiger partial charge in [0.25, 0.3) is 5.56 Å². The van der Waals surface area contributed by atoms with Crippen molar-refractivity contribution < 1.29 is 8.78 Å². The molecule has 0 aliphatic heterocycles. The molecule has 0 aliphatic rings. The van der Waals surface area contributed by atoms with Crippen LogP contribution in [0.4, 0.5) is 8.78 Å². The van der Waals surface area contributed by atoms with Gasteiger partial charge in [0, 0.05) is 19.2 Å². The van der Waals surface area contributed by atoms with Gasteiger partial charge >= 0.3 is 5.69 Å². The summed E-state index contributed by atoms with van der Waals surface area (Å²) >= 11 is 0. The Morgan fingerprint density at radius 3 is 2.52 bits per heavy atom. The summed E-state index contributed by atoms with van der Waals surface area (Å²) in [6.45, 7) is 6.25. The smallest absolute Gasteiger partial charge is 0.320 e. The molecular weight excluding hydrogens is 402 g/mol. The molecule has 0 aliphatic carbocycles. The molecule has 0 fully saturated rings. The van der Waals surface area contributed by atoms with Gasteiger partial charge in [-0.3, -0.25) is 9.36 Å². The van der Waals surface area contributed by atoms with Crippen LogP contribution in [0.5, 0.6) is 0 Å². The van der Waals surface area contributed by atoms with Crippen molar-refractivity contribution in [3.8, 4) is 5.69 Å². The first-order valence-electron chi connectivity index (χ1n) is 9.98. The predicted molar refractivity (Wildman–Crippen MR) is 115 cm³/mol. The van der Waals surface area contributed by atoms with Gasteiger partial charge in [0.2, 0.25) is 0 Å². The van der Waals surface area contributed by atoms with Crippen LogP contribution in [0.15, 0.2) is 58.4 Å². The van der Waals surface area contributed by atoms with Crippen molar-refractivity contribution in [2.45, 2.75) is 33.9 Å². The molecule has 0 spiro atoms. The summed E-state index contributed by atoms with van der Waals surface area (Å²) < 4.78 is 31.9. The number of hydrogen-bond donors (Lipinski definition) is 0. The number of fused-ring (bicyclic) bond motifs is 1. The van der Waals surface area contributed by atoms with Gasteiger partial charge < -0.3 is 4.57 Å². The van der Waals surface area contributed by atoms with E-state index in [4.69, 9.17) is 0 Å². The van der Waals surface area contributed by atoms with Crippen LogP contribution in [0.25, 0.3) is 16.9 Å². The molecule has 0 saturated carbocycles. The average Bonchev–Trinajstić information content (AvgIpc) is 3.10. The van der Waals surface area contributed by atoms with Gasteiger partial charge in [-0.1, -0.05) is 43.7 Å². The fourth-order valence-corrected chi connectivity index (χ4v) is 3.71. The topological polar surface area (TPSA) is 61.8 Å². The minimum atomic E-state index is -0.911. The summed E-state index contributed by atoms with van der Waals surface area (Å²) in [5.41, 5.74) is 0.896. The maximum atomic E-state index is 14.6. The molecule has 2 aromatic heterocycles. The standard InChI is InChI=1S/C23H22F2N4O2/c1-14(2)11-28-22(30)20-21(26-13-27(20)12-16-6-4-5-15(3)9-16)29(23(28)31)19-8-7-17(24)10-18(19)25/h4-10,13-14H,11-12H2,1-3H3. The first-order chi connectivity index (χ1) is 14.8. The molecule has 4 aromatic rings. The van der Waals surface area contributed by atoms with E-state index in [0.717, 1.165) is 26.3 Å². The Bertz CT molecular complexity index is 1400. The fraction of sp³-hybridized carbons (Fsp3) is 0.261. The lowest BCUT2D eigenvalue weighted by Gasteiger charge is -2.14. The Balaban J connectivity index is 2.02. The van der Waals surface area contributed by atoms with Crippen molar-refractivity contribution in [2.24, 2.45) is 5.92 Å². The number of aryl methyl sites for hydroxylation is 1. The van der Waals surface area contributed by atoms with Gasteiger partial charge in [-0.05, 0) is 30.5 Å². The van der Waals surface area contributed by atoms with Gasteiger partial charge in [0.05, 0.1) is 12.0 Å². The zero-order valence-electron chi connectivity index (χ0n) is 17.5. The van der Waals surface area contributed by atoms with Crippen molar-refractivity contribution in [2.75, 3.05) is 0 Å². The van der Waals surface area contributed by atoms with Crippen LogP contribution >= 0.6 is 0 Å². The highest BCUT2D eigenvalue weighted by atomic mass is 19.1. The monoisotopic (exact) mass is 424 g/mol. The average molecular weight is 424 g/mol. The van der Waals surface area contributed by atoms with Gasteiger partial charge in [-0.25, -0.2) is 23.1 Å². The number of imidazole rings is 1. The molecular formula is C23H22F2N4O2. The van der Waals surface area contributed by atoms with Crippen molar-refractivity contribution >= 4 is 11.2 Å². The van der Waals surface area contributed by atoms with E-state index in [9.17, 15) is 18.4 Å². The summed E-state index contributed by atoms with van der Waals surface area (Å²) in [4.78, 5) is 30.8.